The normalized spacial score (nSPS) is 30.5. The van der Waals surface area contributed by atoms with E-state index in [1.165, 1.54) is 6.42 Å². The lowest BCUT2D eigenvalue weighted by Gasteiger charge is -2.36. The van der Waals surface area contributed by atoms with Gasteiger partial charge in [-0.15, -0.1) is 0 Å². The number of nitrogens with zero attached hydrogens (tertiary/aromatic N) is 1. The molecule has 1 aliphatic carbocycles. The van der Waals surface area contributed by atoms with E-state index in [9.17, 15) is 4.79 Å². The second-order valence-corrected chi connectivity index (χ2v) is 6.47. The zero-order valence-corrected chi connectivity index (χ0v) is 12.4. The summed E-state index contributed by atoms with van der Waals surface area (Å²) >= 11 is 0. The number of nitrogens with one attached hydrogen (secondary N) is 1. The first-order chi connectivity index (χ1) is 9.08. The Morgan fingerprint density at radius 1 is 1.16 bits per heavy atom. The van der Waals surface area contributed by atoms with Gasteiger partial charge in [-0.1, -0.05) is 12.8 Å². The van der Waals surface area contributed by atoms with Gasteiger partial charge in [0, 0.05) is 31.2 Å². The fourth-order valence-corrected chi connectivity index (χ4v) is 3.35. The van der Waals surface area contributed by atoms with E-state index in [0.29, 0.717) is 12.1 Å². The third-order valence-corrected chi connectivity index (χ3v) is 4.76. The Kier molecular flexibility index (Phi) is 5.22. The minimum Gasteiger partial charge on any atom is -0.353 e. The number of nitrogens with two attached hydrogens (primary N) is 1. The summed E-state index contributed by atoms with van der Waals surface area (Å²) in [5, 5.41) is 3.23. The highest BCUT2D eigenvalue weighted by Crippen LogP contribution is 2.23. The summed E-state index contributed by atoms with van der Waals surface area (Å²) < 4.78 is 0. The first kappa shape index (κ1) is 14.8. The van der Waals surface area contributed by atoms with Gasteiger partial charge in [0.15, 0.2) is 0 Å². The summed E-state index contributed by atoms with van der Waals surface area (Å²) in [5.41, 5.74) is 6.08. The Morgan fingerprint density at radius 3 is 2.37 bits per heavy atom. The van der Waals surface area contributed by atoms with Crippen LogP contribution in [0, 0.1) is 5.92 Å². The maximum atomic E-state index is 12.3. The van der Waals surface area contributed by atoms with Crippen LogP contribution in [0.4, 0.5) is 0 Å². The smallest absolute Gasteiger partial charge is 0.224 e. The highest BCUT2D eigenvalue weighted by molar-refractivity contribution is 5.79. The minimum atomic E-state index is 0.0527. The first-order valence-corrected chi connectivity index (χ1v) is 7.88. The molecule has 0 aromatic heterocycles. The number of hydrogen-bond donors (Lipinski definition) is 2. The molecule has 0 aromatic rings. The number of rotatable bonds is 3. The summed E-state index contributed by atoms with van der Waals surface area (Å²) in [4.78, 5) is 14.8. The maximum Gasteiger partial charge on any atom is 0.224 e. The van der Waals surface area contributed by atoms with Crippen LogP contribution < -0.4 is 11.1 Å². The van der Waals surface area contributed by atoms with Crippen LogP contribution in [0.25, 0.3) is 0 Å². The van der Waals surface area contributed by atoms with E-state index < -0.39 is 0 Å². The van der Waals surface area contributed by atoms with Crippen molar-refractivity contribution < 1.29 is 4.79 Å². The van der Waals surface area contributed by atoms with Crippen LogP contribution >= 0.6 is 0 Å². The number of likely N-dealkylation sites (tertiary alicyclic amines) is 1. The Balaban J connectivity index is 1.77. The summed E-state index contributed by atoms with van der Waals surface area (Å²) in [7, 11) is 0. The molecule has 4 heteroatoms. The number of carbonyl (C=O) groups excluding carboxylic acids is 1. The van der Waals surface area contributed by atoms with Crippen molar-refractivity contribution in [3.05, 3.63) is 0 Å². The van der Waals surface area contributed by atoms with Gasteiger partial charge in [0.1, 0.15) is 0 Å². The highest BCUT2D eigenvalue weighted by Gasteiger charge is 2.30. The van der Waals surface area contributed by atoms with Crippen molar-refractivity contribution in [3.63, 3.8) is 0 Å². The summed E-state index contributed by atoms with van der Waals surface area (Å²) in [5.74, 6) is 0.257. The summed E-state index contributed by atoms with van der Waals surface area (Å²) in [6.07, 6.45) is 6.45. The van der Waals surface area contributed by atoms with Gasteiger partial charge >= 0.3 is 0 Å². The first-order valence-electron chi connectivity index (χ1n) is 7.88. The van der Waals surface area contributed by atoms with E-state index in [2.05, 4.69) is 24.1 Å². The molecule has 2 fully saturated rings. The number of carbonyl (C=O) groups is 1. The van der Waals surface area contributed by atoms with Crippen LogP contribution in [0.5, 0.6) is 0 Å². The van der Waals surface area contributed by atoms with Crippen LogP contribution in [0.2, 0.25) is 0 Å². The largest absolute Gasteiger partial charge is 0.353 e. The molecule has 1 saturated carbocycles. The van der Waals surface area contributed by atoms with E-state index in [1.807, 2.05) is 0 Å². The predicted octanol–water partition coefficient (Wildman–Crippen LogP) is 1.49. The van der Waals surface area contributed by atoms with Crippen LogP contribution in [-0.2, 0) is 4.79 Å². The van der Waals surface area contributed by atoms with Gasteiger partial charge in [-0.3, -0.25) is 4.79 Å². The molecular formula is C15H29N3O. The topological polar surface area (TPSA) is 58.4 Å². The van der Waals surface area contributed by atoms with Crippen molar-refractivity contribution in [1.82, 2.24) is 10.2 Å². The van der Waals surface area contributed by atoms with Crippen molar-refractivity contribution in [1.29, 1.82) is 0 Å². The fraction of sp³-hybridized carbons (Fsp3) is 0.933. The van der Waals surface area contributed by atoms with E-state index in [-0.39, 0.29) is 17.9 Å². The van der Waals surface area contributed by atoms with E-state index in [1.54, 1.807) is 0 Å². The van der Waals surface area contributed by atoms with Crippen LogP contribution in [0.15, 0.2) is 0 Å². The molecule has 19 heavy (non-hydrogen) atoms. The molecule has 0 aromatic carbocycles. The summed E-state index contributed by atoms with van der Waals surface area (Å²) in [6, 6.07) is 1.05. The van der Waals surface area contributed by atoms with Gasteiger partial charge in [0.2, 0.25) is 5.91 Å². The molecule has 1 amide bonds. The SMILES string of the molecule is CC(C)N1CCC(NC(=O)C2CCCCC2N)CC1. The van der Waals surface area contributed by atoms with Crippen molar-refractivity contribution in [2.75, 3.05) is 13.1 Å². The lowest BCUT2D eigenvalue weighted by atomic mass is 9.84. The molecule has 0 radical (unpaired) electrons. The van der Waals surface area contributed by atoms with E-state index >= 15 is 0 Å². The molecule has 4 nitrogen and oxygen atoms in total. The zero-order chi connectivity index (χ0) is 13.8. The van der Waals surface area contributed by atoms with Crippen LogP contribution in [0.1, 0.15) is 52.4 Å². The lowest BCUT2D eigenvalue weighted by molar-refractivity contribution is -0.127. The third-order valence-electron chi connectivity index (χ3n) is 4.76. The van der Waals surface area contributed by atoms with Gasteiger partial charge in [-0.25, -0.2) is 0 Å². The third kappa shape index (κ3) is 3.93. The maximum absolute atomic E-state index is 12.3. The van der Waals surface area contributed by atoms with Crippen molar-refractivity contribution in [2.24, 2.45) is 11.7 Å². The fourth-order valence-electron chi connectivity index (χ4n) is 3.35. The molecule has 0 bridgehead atoms. The molecule has 1 saturated heterocycles. The van der Waals surface area contributed by atoms with Gasteiger partial charge in [-0.05, 0) is 39.5 Å². The number of piperidine rings is 1. The minimum absolute atomic E-state index is 0.0527. The standard InChI is InChI=1S/C15H29N3O/c1-11(2)18-9-7-12(8-10-18)17-15(19)13-5-3-4-6-14(13)16/h11-14H,3-10,16H2,1-2H3,(H,17,19). The van der Waals surface area contributed by atoms with Crippen molar-refractivity contribution in [2.45, 2.75) is 70.5 Å². The Labute approximate surface area is 117 Å². The van der Waals surface area contributed by atoms with Crippen molar-refractivity contribution in [3.8, 4) is 0 Å². The van der Waals surface area contributed by atoms with Crippen LogP contribution in [-0.4, -0.2) is 42.0 Å². The second-order valence-electron chi connectivity index (χ2n) is 6.47. The predicted molar refractivity (Wildman–Crippen MR) is 77.8 cm³/mol. The molecule has 2 rings (SSSR count). The van der Waals surface area contributed by atoms with Crippen LogP contribution in [0.3, 0.4) is 0 Å². The number of hydrogen-bond acceptors (Lipinski definition) is 3. The Hall–Kier alpha value is -0.610. The van der Waals surface area contributed by atoms with Gasteiger partial charge in [-0.2, -0.15) is 0 Å². The molecule has 0 spiro atoms. The molecule has 1 aliphatic heterocycles. The van der Waals surface area contributed by atoms with Gasteiger partial charge in [0.25, 0.3) is 0 Å². The average Bonchev–Trinajstić information content (AvgIpc) is 2.39. The second kappa shape index (κ2) is 6.71. The quantitative estimate of drug-likeness (QED) is 0.814. The Morgan fingerprint density at radius 2 is 1.79 bits per heavy atom. The molecule has 110 valence electrons. The lowest BCUT2D eigenvalue weighted by Crippen LogP contribution is -2.50. The zero-order valence-electron chi connectivity index (χ0n) is 12.4. The van der Waals surface area contributed by atoms with Gasteiger partial charge < -0.3 is 16.0 Å². The average molecular weight is 267 g/mol. The highest BCUT2D eigenvalue weighted by atomic mass is 16.2. The Bertz CT molecular complexity index is 298. The van der Waals surface area contributed by atoms with Gasteiger partial charge in [0.05, 0.1) is 5.92 Å². The van der Waals surface area contributed by atoms with Crippen molar-refractivity contribution >= 4 is 5.91 Å². The molecule has 1 heterocycles. The molecular weight excluding hydrogens is 238 g/mol. The van der Waals surface area contributed by atoms with E-state index in [0.717, 1.165) is 45.2 Å². The monoisotopic (exact) mass is 267 g/mol. The number of amides is 1. The van der Waals surface area contributed by atoms with E-state index in [4.69, 9.17) is 5.73 Å². The molecule has 2 aliphatic rings. The molecule has 2 atom stereocenters. The molecule has 3 N–H and O–H groups in total. The summed E-state index contributed by atoms with van der Waals surface area (Å²) in [6.45, 7) is 6.67. The molecule has 2 unspecified atom stereocenters.